The van der Waals surface area contributed by atoms with E-state index < -0.39 is 7.37 Å². The molecule has 2 unspecified atom stereocenters. The molecule has 1 aliphatic carbocycles. The Balaban J connectivity index is 2.79. The second-order valence-electron chi connectivity index (χ2n) is 7.18. The Morgan fingerprint density at radius 3 is 2.26 bits per heavy atom. The van der Waals surface area contributed by atoms with E-state index in [9.17, 15) is 9.36 Å². The molecule has 1 saturated carbocycles. The van der Waals surface area contributed by atoms with E-state index in [0.717, 1.165) is 6.42 Å². The Hall–Kier alpha value is -0.340. The predicted molar refractivity (Wildman–Crippen MR) is 95.1 cm³/mol. The first-order chi connectivity index (χ1) is 10.9. The Kier molecular flexibility index (Phi) is 9.46. The third-order valence-corrected chi connectivity index (χ3v) is 7.48. The van der Waals surface area contributed by atoms with Crippen molar-refractivity contribution in [3.05, 3.63) is 0 Å². The van der Waals surface area contributed by atoms with Crippen LogP contribution in [-0.4, -0.2) is 31.5 Å². The second kappa shape index (κ2) is 10.5. The van der Waals surface area contributed by atoms with Crippen LogP contribution in [0.4, 0.5) is 0 Å². The van der Waals surface area contributed by atoms with E-state index in [-0.39, 0.29) is 11.9 Å². The van der Waals surface area contributed by atoms with Crippen molar-refractivity contribution in [1.29, 1.82) is 0 Å². The van der Waals surface area contributed by atoms with Crippen LogP contribution in [0.15, 0.2) is 0 Å². The molecule has 0 bridgehead atoms. The van der Waals surface area contributed by atoms with Crippen molar-refractivity contribution < 1.29 is 18.6 Å². The maximum atomic E-state index is 13.2. The lowest BCUT2D eigenvalue weighted by atomic mass is 9.83. The van der Waals surface area contributed by atoms with Gasteiger partial charge in [0.1, 0.15) is 0 Å². The third-order valence-electron chi connectivity index (χ3n) is 4.47. The summed E-state index contributed by atoms with van der Waals surface area (Å²) in [5, 5.41) is 0. The van der Waals surface area contributed by atoms with Gasteiger partial charge in [0.25, 0.3) is 0 Å². The summed E-state index contributed by atoms with van der Waals surface area (Å²) >= 11 is 0. The van der Waals surface area contributed by atoms with Gasteiger partial charge in [-0.15, -0.1) is 0 Å². The fourth-order valence-electron chi connectivity index (χ4n) is 3.64. The summed E-state index contributed by atoms with van der Waals surface area (Å²) in [5.41, 5.74) is 0. The molecule has 0 radical (unpaired) electrons. The molecule has 0 aromatic rings. The summed E-state index contributed by atoms with van der Waals surface area (Å²) in [6.07, 6.45) is 7.83. The molecule has 0 aromatic heterocycles. The van der Waals surface area contributed by atoms with E-state index in [1.165, 1.54) is 32.1 Å². The molecule has 2 atom stereocenters. The number of carbonyl (C=O) groups is 1. The van der Waals surface area contributed by atoms with Crippen molar-refractivity contribution in [3.63, 3.8) is 0 Å². The van der Waals surface area contributed by atoms with Gasteiger partial charge in [-0.25, -0.2) is 0 Å². The van der Waals surface area contributed by atoms with Crippen LogP contribution in [0.1, 0.15) is 66.2 Å². The van der Waals surface area contributed by atoms with Crippen molar-refractivity contribution >= 4 is 13.3 Å². The lowest BCUT2D eigenvalue weighted by Crippen LogP contribution is -2.26. The molecule has 0 amide bonds. The maximum absolute atomic E-state index is 13.2. The minimum Gasteiger partial charge on any atom is -0.466 e. The fraction of sp³-hybridized carbons (Fsp3) is 0.944. The van der Waals surface area contributed by atoms with E-state index in [1.54, 1.807) is 0 Å². The largest absolute Gasteiger partial charge is 0.466 e. The number of hydrogen-bond donors (Lipinski definition) is 0. The van der Waals surface area contributed by atoms with Gasteiger partial charge in [-0.1, -0.05) is 46.0 Å². The van der Waals surface area contributed by atoms with Crippen LogP contribution in [0.3, 0.4) is 0 Å². The SMILES string of the molecule is CCOC(=O)C(CC1CCCCC1)CP(=O)(CC(C)C)OCC. The molecular weight excluding hydrogens is 311 g/mol. The lowest BCUT2D eigenvalue weighted by Gasteiger charge is -2.28. The normalized spacial score (nSPS) is 20.2. The molecule has 4 nitrogen and oxygen atoms in total. The zero-order chi connectivity index (χ0) is 17.3. The summed E-state index contributed by atoms with van der Waals surface area (Å²) in [5.74, 6) is 0.383. The molecule has 0 aliphatic heterocycles. The van der Waals surface area contributed by atoms with Crippen LogP contribution in [0, 0.1) is 17.8 Å². The Morgan fingerprint density at radius 2 is 1.74 bits per heavy atom. The third kappa shape index (κ3) is 7.85. The molecule has 1 rings (SSSR count). The smallest absolute Gasteiger partial charge is 0.309 e. The molecule has 0 saturated heterocycles. The molecule has 1 fully saturated rings. The van der Waals surface area contributed by atoms with Crippen LogP contribution in [0.25, 0.3) is 0 Å². The van der Waals surface area contributed by atoms with Gasteiger partial charge in [0.15, 0.2) is 0 Å². The van der Waals surface area contributed by atoms with Crippen LogP contribution in [-0.2, 0) is 18.6 Å². The summed E-state index contributed by atoms with van der Waals surface area (Å²) in [6, 6.07) is 0. The zero-order valence-electron chi connectivity index (χ0n) is 15.4. The molecule has 0 N–H and O–H groups in total. The van der Waals surface area contributed by atoms with Gasteiger partial charge in [-0.2, -0.15) is 0 Å². The van der Waals surface area contributed by atoms with Crippen molar-refractivity contribution in [3.8, 4) is 0 Å². The molecule has 0 spiro atoms. The summed E-state index contributed by atoms with van der Waals surface area (Å²) < 4.78 is 24.0. The first kappa shape index (κ1) is 20.7. The topological polar surface area (TPSA) is 52.6 Å². The van der Waals surface area contributed by atoms with E-state index in [0.29, 0.717) is 37.4 Å². The summed E-state index contributed by atoms with van der Waals surface area (Å²) in [4.78, 5) is 12.4. The quantitative estimate of drug-likeness (QED) is 0.407. The van der Waals surface area contributed by atoms with Gasteiger partial charge in [0.05, 0.1) is 19.1 Å². The average molecular weight is 346 g/mol. The van der Waals surface area contributed by atoms with Gasteiger partial charge >= 0.3 is 5.97 Å². The van der Waals surface area contributed by atoms with Crippen LogP contribution >= 0.6 is 7.37 Å². The van der Waals surface area contributed by atoms with E-state index in [4.69, 9.17) is 9.26 Å². The van der Waals surface area contributed by atoms with Gasteiger partial charge in [-0.3, -0.25) is 9.36 Å². The van der Waals surface area contributed by atoms with Gasteiger partial charge in [-0.05, 0) is 32.1 Å². The fourth-order valence-corrected chi connectivity index (χ4v) is 6.55. The highest BCUT2D eigenvalue weighted by Gasteiger charge is 2.34. The minimum atomic E-state index is -2.78. The van der Waals surface area contributed by atoms with Crippen molar-refractivity contribution in [2.45, 2.75) is 66.2 Å². The molecule has 1 aliphatic rings. The number of carbonyl (C=O) groups excluding carboxylic acids is 1. The second-order valence-corrected chi connectivity index (χ2v) is 9.80. The molecule has 0 aromatic carbocycles. The van der Waals surface area contributed by atoms with E-state index >= 15 is 0 Å². The summed E-state index contributed by atoms with van der Waals surface area (Å²) in [7, 11) is -2.78. The first-order valence-corrected chi connectivity index (χ1v) is 11.3. The molecule has 23 heavy (non-hydrogen) atoms. The van der Waals surface area contributed by atoms with Crippen molar-refractivity contribution in [1.82, 2.24) is 0 Å². The van der Waals surface area contributed by atoms with Crippen LogP contribution in [0.2, 0.25) is 0 Å². The van der Waals surface area contributed by atoms with E-state index in [1.807, 2.05) is 27.7 Å². The van der Waals surface area contributed by atoms with Gasteiger partial charge < -0.3 is 9.26 Å². The maximum Gasteiger partial charge on any atom is 0.309 e. The Morgan fingerprint density at radius 1 is 1.09 bits per heavy atom. The number of esters is 1. The van der Waals surface area contributed by atoms with Crippen molar-refractivity contribution in [2.75, 3.05) is 25.5 Å². The molecule has 136 valence electrons. The first-order valence-electron chi connectivity index (χ1n) is 9.29. The highest BCUT2D eigenvalue weighted by atomic mass is 31.2. The number of rotatable bonds is 10. The minimum absolute atomic E-state index is 0.193. The molecular formula is C18H35O4P. The standard InChI is InChI=1S/C18H35O4P/c1-5-21-18(19)17(12-16-10-8-7-9-11-16)14-23(20,22-6-2)13-15(3)4/h15-17H,5-14H2,1-4H3. The van der Waals surface area contributed by atoms with E-state index in [2.05, 4.69) is 0 Å². The van der Waals surface area contributed by atoms with Crippen LogP contribution < -0.4 is 0 Å². The van der Waals surface area contributed by atoms with Crippen LogP contribution in [0.5, 0.6) is 0 Å². The van der Waals surface area contributed by atoms with Gasteiger partial charge in [0, 0.05) is 12.3 Å². The lowest BCUT2D eigenvalue weighted by molar-refractivity contribution is -0.148. The Bertz CT molecular complexity index is 388. The molecule has 0 heterocycles. The van der Waals surface area contributed by atoms with Crippen molar-refractivity contribution in [2.24, 2.45) is 17.8 Å². The molecule has 5 heteroatoms. The number of hydrogen-bond acceptors (Lipinski definition) is 4. The van der Waals surface area contributed by atoms with Gasteiger partial charge in [0.2, 0.25) is 7.37 Å². The monoisotopic (exact) mass is 346 g/mol. The Labute approximate surface area is 142 Å². The highest BCUT2D eigenvalue weighted by molar-refractivity contribution is 7.59. The highest BCUT2D eigenvalue weighted by Crippen LogP contribution is 2.51. The predicted octanol–water partition coefficient (Wildman–Crippen LogP) is 5.11. The number of ether oxygens (including phenoxy) is 1. The average Bonchev–Trinajstić information content (AvgIpc) is 2.47. The summed E-state index contributed by atoms with van der Waals surface area (Å²) in [6.45, 7) is 8.60. The zero-order valence-corrected chi connectivity index (χ0v) is 16.3.